The fourth-order valence-corrected chi connectivity index (χ4v) is 6.59. The van der Waals surface area contributed by atoms with E-state index >= 15 is 0 Å². The normalized spacial score (nSPS) is 26.0. The Morgan fingerprint density at radius 3 is 2.38 bits per heavy atom. The fourth-order valence-electron chi connectivity index (χ4n) is 6.59. The van der Waals surface area contributed by atoms with Gasteiger partial charge in [0.1, 0.15) is 24.4 Å². The summed E-state index contributed by atoms with van der Waals surface area (Å²) < 4.78 is 87.2. The minimum absolute atomic E-state index is 0.0457. The van der Waals surface area contributed by atoms with E-state index in [2.05, 4.69) is 11.6 Å². The van der Waals surface area contributed by atoms with E-state index in [0.717, 1.165) is 18.6 Å². The minimum atomic E-state index is -4.93. The second-order valence-corrected chi connectivity index (χ2v) is 10.7. The Balaban J connectivity index is 1.60. The summed E-state index contributed by atoms with van der Waals surface area (Å²) in [5.74, 6) is 0.843. The van der Waals surface area contributed by atoms with Crippen LogP contribution in [-0.2, 0) is 18.9 Å². The predicted molar refractivity (Wildman–Crippen MR) is 134 cm³/mol. The van der Waals surface area contributed by atoms with Gasteiger partial charge in [0, 0.05) is 35.9 Å². The summed E-state index contributed by atoms with van der Waals surface area (Å²) in [4.78, 5) is 4.37. The lowest BCUT2D eigenvalue weighted by molar-refractivity contribution is -0.984. The number of aliphatic hydroxyl groups is 1. The molecule has 3 aromatic rings. The molecule has 39 heavy (non-hydrogen) atoms. The number of alkyl halides is 6. The van der Waals surface area contributed by atoms with Crippen LogP contribution < -0.4 is 4.74 Å². The molecule has 0 unspecified atom stereocenters. The van der Waals surface area contributed by atoms with Crippen molar-refractivity contribution in [1.29, 1.82) is 0 Å². The number of hydrogen-bond acceptors (Lipinski definition) is 3. The topological polar surface area (TPSA) is 42.4 Å². The Kier molecular flexibility index (Phi) is 6.91. The fraction of sp³-hybridized carbons (Fsp3) is 0.414. The molecule has 1 aromatic heterocycles. The van der Waals surface area contributed by atoms with E-state index in [9.17, 15) is 31.4 Å². The molecule has 1 N–H and O–H groups in total. The first-order chi connectivity index (χ1) is 18.3. The summed E-state index contributed by atoms with van der Waals surface area (Å²) in [5, 5.41) is 12.5. The van der Waals surface area contributed by atoms with Crippen molar-refractivity contribution in [3.8, 4) is 5.75 Å². The van der Waals surface area contributed by atoms with Gasteiger partial charge in [0.2, 0.25) is 0 Å². The number of aliphatic hydroxyl groups excluding tert-OH is 1. The summed E-state index contributed by atoms with van der Waals surface area (Å²) in [6.45, 7) is 4.86. The van der Waals surface area contributed by atoms with Crippen molar-refractivity contribution < 1.29 is 40.7 Å². The maximum absolute atomic E-state index is 13.6. The highest BCUT2D eigenvalue weighted by atomic mass is 19.4. The first-order valence-corrected chi connectivity index (χ1v) is 12.7. The Morgan fingerprint density at radius 2 is 1.77 bits per heavy atom. The van der Waals surface area contributed by atoms with Crippen LogP contribution in [0.25, 0.3) is 10.9 Å². The second kappa shape index (κ2) is 9.82. The standard InChI is InChI=1S/C29H29F6N2O2/c1-3-18-16-37(15-17-10-20(28(30,31)32)13-21(11-17)29(33,34)35)9-7-19(18)12-26(37)27(38)23-6-8-36-25-5-4-22(39-2)14-24(23)25/h3-6,8,10-11,13-14,18-19,26-27,38H,1,7,9,12,15-16H2,2H3/q+1/t18-,19-,26-,27+,37+/m0/s1. The van der Waals surface area contributed by atoms with Crippen molar-refractivity contribution >= 4 is 10.9 Å². The van der Waals surface area contributed by atoms with Crippen LogP contribution in [-0.4, -0.2) is 40.8 Å². The van der Waals surface area contributed by atoms with Crippen LogP contribution in [0.3, 0.4) is 0 Å². The van der Waals surface area contributed by atoms with E-state index in [0.29, 0.717) is 41.7 Å². The number of nitrogens with zero attached hydrogens (tertiary/aromatic N) is 2. The largest absolute Gasteiger partial charge is 0.497 e. The van der Waals surface area contributed by atoms with E-state index < -0.39 is 35.6 Å². The predicted octanol–water partition coefficient (Wildman–Crippen LogP) is 6.93. The van der Waals surface area contributed by atoms with Gasteiger partial charge in [0.25, 0.3) is 0 Å². The number of benzene rings is 2. The number of rotatable bonds is 6. The molecule has 4 heterocycles. The van der Waals surface area contributed by atoms with Gasteiger partial charge in [-0.05, 0) is 53.9 Å². The van der Waals surface area contributed by atoms with Gasteiger partial charge in [-0.3, -0.25) is 4.98 Å². The Bertz CT molecular complexity index is 1360. The number of fused-ring (bicyclic) bond motifs is 4. The zero-order valence-electron chi connectivity index (χ0n) is 21.3. The van der Waals surface area contributed by atoms with Crippen molar-refractivity contribution in [2.45, 2.75) is 43.9 Å². The Labute approximate surface area is 222 Å². The molecular weight excluding hydrogens is 522 g/mol. The molecule has 6 rings (SSSR count). The van der Waals surface area contributed by atoms with Gasteiger partial charge in [-0.2, -0.15) is 26.3 Å². The van der Waals surface area contributed by atoms with Crippen LogP contribution in [0, 0.1) is 11.8 Å². The van der Waals surface area contributed by atoms with Crippen LogP contribution in [0.15, 0.2) is 61.3 Å². The number of ether oxygens (including phenoxy) is 1. The van der Waals surface area contributed by atoms with Crippen LogP contribution in [0.5, 0.6) is 5.75 Å². The number of pyridine rings is 1. The quantitative estimate of drug-likeness (QED) is 0.205. The average molecular weight is 552 g/mol. The van der Waals surface area contributed by atoms with Gasteiger partial charge in [-0.15, -0.1) is 6.58 Å². The lowest BCUT2D eigenvalue weighted by Gasteiger charge is -2.58. The molecule has 3 fully saturated rings. The molecule has 3 saturated heterocycles. The number of hydrogen-bond donors (Lipinski definition) is 1. The smallest absolute Gasteiger partial charge is 0.416 e. The third-order valence-electron chi connectivity index (χ3n) is 8.49. The molecule has 10 heteroatoms. The van der Waals surface area contributed by atoms with Crippen molar-refractivity contribution in [3.05, 3.63) is 83.6 Å². The van der Waals surface area contributed by atoms with Gasteiger partial charge in [0.15, 0.2) is 0 Å². The summed E-state index contributed by atoms with van der Waals surface area (Å²) >= 11 is 0. The highest BCUT2D eigenvalue weighted by molar-refractivity contribution is 5.83. The van der Waals surface area contributed by atoms with Gasteiger partial charge < -0.3 is 14.3 Å². The van der Waals surface area contributed by atoms with E-state index in [1.807, 2.05) is 6.08 Å². The Hall–Kier alpha value is -3.11. The molecule has 5 atom stereocenters. The summed E-state index contributed by atoms with van der Waals surface area (Å²) in [6.07, 6.45) is -6.16. The van der Waals surface area contributed by atoms with Crippen molar-refractivity contribution in [1.82, 2.24) is 4.98 Å². The maximum atomic E-state index is 13.6. The third-order valence-corrected chi connectivity index (χ3v) is 8.49. The molecule has 0 saturated carbocycles. The van der Waals surface area contributed by atoms with E-state index in [1.165, 1.54) is 7.11 Å². The Morgan fingerprint density at radius 1 is 1.08 bits per heavy atom. The molecule has 3 aliphatic rings. The zero-order chi connectivity index (χ0) is 28.2. The lowest BCUT2D eigenvalue weighted by atomic mass is 9.71. The van der Waals surface area contributed by atoms with Crippen molar-refractivity contribution in [2.24, 2.45) is 11.8 Å². The van der Waals surface area contributed by atoms with Crippen molar-refractivity contribution in [2.75, 3.05) is 20.2 Å². The average Bonchev–Trinajstić information content (AvgIpc) is 2.90. The van der Waals surface area contributed by atoms with E-state index in [4.69, 9.17) is 4.74 Å². The molecule has 0 spiro atoms. The number of halogens is 6. The van der Waals surface area contributed by atoms with Crippen molar-refractivity contribution in [3.63, 3.8) is 0 Å². The lowest BCUT2D eigenvalue weighted by Crippen LogP contribution is -2.67. The molecule has 208 valence electrons. The van der Waals surface area contributed by atoms with Crippen LogP contribution in [0.1, 0.15) is 41.2 Å². The first kappa shape index (κ1) is 27.5. The number of aromatic nitrogens is 1. The molecule has 0 amide bonds. The van der Waals surface area contributed by atoms with Gasteiger partial charge in [-0.1, -0.05) is 6.08 Å². The molecule has 2 aromatic carbocycles. The highest BCUT2D eigenvalue weighted by Crippen LogP contribution is 2.48. The number of quaternary nitrogens is 1. The van der Waals surface area contributed by atoms with Crippen LogP contribution >= 0.6 is 0 Å². The highest BCUT2D eigenvalue weighted by Gasteiger charge is 2.54. The molecular formula is C29H29F6N2O2+. The van der Waals surface area contributed by atoms with Crippen LogP contribution in [0.4, 0.5) is 26.3 Å². The SMILES string of the molecule is C=C[C@H]1C[N@+]2(Cc3cc(C(F)(F)F)cc(C(F)(F)F)c3)CC[C@H]1C[C@H]2[C@H](O)c1ccnc2ccc(OC)cc12. The number of piperidine rings is 3. The van der Waals surface area contributed by atoms with Gasteiger partial charge in [0.05, 0.1) is 36.8 Å². The minimum Gasteiger partial charge on any atom is -0.497 e. The van der Waals surface area contributed by atoms with E-state index in [1.54, 1.807) is 30.5 Å². The molecule has 0 radical (unpaired) electrons. The summed E-state index contributed by atoms with van der Waals surface area (Å²) in [6, 6.07) is 8.34. The third kappa shape index (κ3) is 5.12. The maximum Gasteiger partial charge on any atom is 0.416 e. The zero-order valence-corrected chi connectivity index (χ0v) is 21.3. The monoisotopic (exact) mass is 551 g/mol. The molecule has 4 nitrogen and oxygen atoms in total. The second-order valence-electron chi connectivity index (χ2n) is 10.7. The summed E-state index contributed by atoms with van der Waals surface area (Å²) in [5.41, 5.74) is -1.47. The van der Waals surface area contributed by atoms with E-state index in [-0.39, 0.29) is 34.5 Å². The molecule has 0 aliphatic carbocycles. The van der Waals surface area contributed by atoms with Gasteiger partial charge >= 0.3 is 12.4 Å². The van der Waals surface area contributed by atoms with Crippen LogP contribution in [0.2, 0.25) is 0 Å². The number of methoxy groups -OCH3 is 1. The summed E-state index contributed by atoms with van der Waals surface area (Å²) in [7, 11) is 1.53. The van der Waals surface area contributed by atoms with Gasteiger partial charge in [-0.25, -0.2) is 0 Å². The molecule has 3 aliphatic heterocycles. The first-order valence-electron chi connectivity index (χ1n) is 12.7. The molecule has 2 bridgehead atoms.